The number of rotatable bonds is 4. The summed E-state index contributed by atoms with van der Waals surface area (Å²) in [4.78, 5) is 5.97. The standard InChI is InChI=1S/C19H18ClNS/c1-3-14-6-10-15(11-7-14)18-17(12-20)22-19(21-18)16-8-4-13(2)5-9-16/h4-11H,3,12H2,1-2H3. The number of thiazole rings is 1. The molecule has 3 rings (SSSR count). The normalized spacial score (nSPS) is 10.9. The number of benzene rings is 2. The molecule has 112 valence electrons. The van der Waals surface area contributed by atoms with E-state index in [-0.39, 0.29) is 0 Å². The highest BCUT2D eigenvalue weighted by molar-refractivity contribution is 7.15. The molecule has 0 radical (unpaired) electrons. The summed E-state index contributed by atoms with van der Waals surface area (Å²) in [6, 6.07) is 17.1. The van der Waals surface area contributed by atoms with Gasteiger partial charge in [-0.1, -0.05) is 61.0 Å². The third-order valence-corrected chi connectivity index (χ3v) is 5.28. The summed E-state index contributed by atoms with van der Waals surface area (Å²) in [7, 11) is 0. The second kappa shape index (κ2) is 6.64. The van der Waals surface area contributed by atoms with Gasteiger partial charge in [0.1, 0.15) is 5.01 Å². The lowest BCUT2D eigenvalue weighted by atomic mass is 10.1. The molecule has 0 bridgehead atoms. The Kier molecular flexibility index (Phi) is 4.60. The van der Waals surface area contributed by atoms with Crippen LogP contribution in [0, 0.1) is 6.92 Å². The van der Waals surface area contributed by atoms with Crippen molar-refractivity contribution in [3.8, 4) is 21.8 Å². The molecule has 3 heteroatoms. The summed E-state index contributed by atoms with van der Waals surface area (Å²) in [5.74, 6) is 0.494. The quantitative estimate of drug-likeness (QED) is 0.528. The van der Waals surface area contributed by atoms with E-state index in [4.69, 9.17) is 16.6 Å². The maximum atomic E-state index is 6.14. The van der Waals surface area contributed by atoms with Gasteiger partial charge in [-0.25, -0.2) is 4.98 Å². The fourth-order valence-corrected chi connectivity index (χ4v) is 3.62. The van der Waals surface area contributed by atoms with E-state index in [2.05, 4.69) is 62.4 Å². The molecule has 0 aliphatic carbocycles. The molecule has 0 saturated carbocycles. The number of halogens is 1. The van der Waals surface area contributed by atoms with Gasteiger partial charge in [0.05, 0.1) is 11.6 Å². The molecule has 0 aliphatic heterocycles. The van der Waals surface area contributed by atoms with E-state index in [0.29, 0.717) is 5.88 Å². The van der Waals surface area contributed by atoms with E-state index in [9.17, 15) is 0 Å². The van der Waals surface area contributed by atoms with Gasteiger partial charge in [0, 0.05) is 16.0 Å². The van der Waals surface area contributed by atoms with E-state index in [1.54, 1.807) is 11.3 Å². The molecule has 2 aromatic carbocycles. The summed E-state index contributed by atoms with van der Waals surface area (Å²) in [6.45, 7) is 4.26. The highest BCUT2D eigenvalue weighted by Crippen LogP contribution is 2.35. The van der Waals surface area contributed by atoms with Crippen LogP contribution in [0.2, 0.25) is 0 Å². The van der Waals surface area contributed by atoms with Crippen molar-refractivity contribution in [2.45, 2.75) is 26.1 Å². The van der Waals surface area contributed by atoms with Gasteiger partial charge in [0.2, 0.25) is 0 Å². The van der Waals surface area contributed by atoms with Crippen LogP contribution in [0.4, 0.5) is 0 Å². The first-order valence-electron chi connectivity index (χ1n) is 7.43. The molecule has 0 fully saturated rings. The molecule has 0 amide bonds. The SMILES string of the molecule is CCc1ccc(-c2nc(-c3ccc(C)cc3)sc2CCl)cc1. The molecule has 0 N–H and O–H groups in total. The molecular weight excluding hydrogens is 310 g/mol. The third kappa shape index (κ3) is 3.08. The van der Waals surface area contributed by atoms with E-state index < -0.39 is 0 Å². The first kappa shape index (κ1) is 15.3. The largest absolute Gasteiger partial charge is 0.236 e. The minimum absolute atomic E-state index is 0.494. The van der Waals surface area contributed by atoms with Gasteiger partial charge >= 0.3 is 0 Å². The zero-order valence-electron chi connectivity index (χ0n) is 12.8. The Bertz CT molecular complexity index is 757. The second-order valence-electron chi connectivity index (χ2n) is 5.34. The number of nitrogens with zero attached hydrogens (tertiary/aromatic N) is 1. The highest BCUT2D eigenvalue weighted by Gasteiger charge is 2.13. The van der Waals surface area contributed by atoms with Crippen LogP contribution in [0.25, 0.3) is 21.8 Å². The molecule has 0 atom stereocenters. The monoisotopic (exact) mass is 327 g/mol. The molecule has 1 nitrogen and oxygen atoms in total. The number of hydrogen-bond acceptors (Lipinski definition) is 2. The van der Waals surface area contributed by atoms with Crippen LogP contribution >= 0.6 is 22.9 Å². The molecule has 0 unspecified atom stereocenters. The Morgan fingerprint density at radius 2 is 1.59 bits per heavy atom. The number of aromatic nitrogens is 1. The maximum Gasteiger partial charge on any atom is 0.124 e. The predicted molar refractivity (Wildman–Crippen MR) is 96.7 cm³/mol. The lowest BCUT2D eigenvalue weighted by Gasteiger charge is -2.01. The van der Waals surface area contributed by atoms with Gasteiger partial charge in [0.25, 0.3) is 0 Å². The summed E-state index contributed by atoms with van der Waals surface area (Å²) in [5.41, 5.74) is 5.90. The van der Waals surface area contributed by atoms with Gasteiger partial charge < -0.3 is 0 Å². The van der Waals surface area contributed by atoms with E-state index in [0.717, 1.165) is 33.1 Å². The van der Waals surface area contributed by atoms with Crippen LogP contribution < -0.4 is 0 Å². The first-order valence-corrected chi connectivity index (χ1v) is 8.78. The fourth-order valence-electron chi connectivity index (χ4n) is 2.39. The van der Waals surface area contributed by atoms with Gasteiger partial charge in [0.15, 0.2) is 0 Å². The number of alkyl halides is 1. The number of hydrogen-bond donors (Lipinski definition) is 0. The maximum absolute atomic E-state index is 6.14. The zero-order valence-corrected chi connectivity index (χ0v) is 14.3. The molecule has 1 heterocycles. The van der Waals surface area contributed by atoms with Gasteiger partial charge in [-0.15, -0.1) is 22.9 Å². The van der Waals surface area contributed by atoms with Crippen LogP contribution in [0.3, 0.4) is 0 Å². The van der Waals surface area contributed by atoms with Crippen LogP contribution in [0.1, 0.15) is 22.9 Å². The highest BCUT2D eigenvalue weighted by atomic mass is 35.5. The van der Waals surface area contributed by atoms with Crippen molar-refractivity contribution in [2.24, 2.45) is 0 Å². The molecular formula is C19H18ClNS. The van der Waals surface area contributed by atoms with Crippen molar-refractivity contribution in [3.63, 3.8) is 0 Å². The summed E-state index contributed by atoms with van der Waals surface area (Å²) >= 11 is 7.82. The molecule has 1 aromatic heterocycles. The molecule has 3 aromatic rings. The average Bonchev–Trinajstić information content (AvgIpc) is 3.00. The average molecular weight is 328 g/mol. The minimum atomic E-state index is 0.494. The minimum Gasteiger partial charge on any atom is -0.236 e. The zero-order chi connectivity index (χ0) is 15.5. The fraction of sp³-hybridized carbons (Fsp3) is 0.211. The molecule has 0 spiro atoms. The smallest absolute Gasteiger partial charge is 0.124 e. The van der Waals surface area contributed by atoms with Crippen molar-refractivity contribution in [1.82, 2.24) is 4.98 Å². The van der Waals surface area contributed by atoms with Crippen molar-refractivity contribution in [3.05, 3.63) is 64.5 Å². The van der Waals surface area contributed by atoms with Crippen molar-refractivity contribution in [1.29, 1.82) is 0 Å². The second-order valence-corrected chi connectivity index (χ2v) is 6.69. The van der Waals surface area contributed by atoms with E-state index >= 15 is 0 Å². The van der Waals surface area contributed by atoms with Crippen molar-refractivity contribution < 1.29 is 0 Å². The Balaban J connectivity index is 2.02. The lowest BCUT2D eigenvalue weighted by molar-refractivity contribution is 1.14. The van der Waals surface area contributed by atoms with Crippen molar-refractivity contribution in [2.75, 3.05) is 0 Å². The lowest BCUT2D eigenvalue weighted by Crippen LogP contribution is -1.85. The third-order valence-electron chi connectivity index (χ3n) is 3.75. The van der Waals surface area contributed by atoms with E-state index in [1.165, 1.54) is 11.1 Å². The van der Waals surface area contributed by atoms with Gasteiger partial charge in [-0.2, -0.15) is 0 Å². The Morgan fingerprint density at radius 1 is 0.955 bits per heavy atom. The van der Waals surface area contributed by atoms with Crippen LogP contribution in [0.15, 0.2) is 48.5 Å². The van der Waals surface area contributed by atoms with E-state index in [1.807, 2.05) is 0 Å². The predicted octanol–water partition coefficient (Wildman–Crippen LogP) is 6.09. The summed E-state index contributed by atoms with van der Waals surface area (Å²) in [5, 5.41) is 1.03. The van der Waals surface area contributed by atoms with Gasteiger partial charge in [-0.3, -0.25) is 0 Å². The summed E-state index contributed by atoms with van der Waals surface area (Å²) < 4.78 is 0. The Morgan fingerprint density at radius 3 is 2.18 bits per heavy atom. The van der Waals surface area contributed by atoms with Crippen LogP contribution in [-0.4, -0.2) is 4.98 Å². The first-order chi connectivity index (χ1) is 10.7. The molecule has 0 aliphatic rings. The molecule has 0 saturated heterocycles. The summed E-state index contributed by atoms with van der Waals surface area (Å²) in [6.07, 6.45) is 1.05. The number of aryl methyl sites for hydroxylation is 2. The van der Waals surface area contributed by atoms with Crippen molar-refractivity contribution >= 4 is 22.9 Å². The van der Waals surface area contributed by atoms with Crippen LogP contribution in [-0.2, 0) is 12.3 Å². The molecule has 22 heavy (non-hydrogen) atoms. The topological polar surface area (TPSA) is 12.9 Å². The van der Waals surface area contributed by atoms with Gasteiger partial charge in [-0.05, 0) is 18.9 Å². The van der Waals surface area contributed by atoms with Crippen LogP contribution in [0.5, 0.6) is 0 Å². The Labute approximate surface area is 140 Å². The Hall–Kier alpha value is -1.64.